The molecule has 1 unspecified atom stereocenters. The van der Waals surface area contributed by atoms with Crippen LogP contribution in [0.2, 0.25) is 5.02 Å². The Hall–Kier alpha value is -2.01. The summed E-state index contributed by atoms with van der Waals surface area (Å²) in [5.74, 6) is -0.458. The molecule has 6 heteroatoms. The van der Waals surface area contributed by atoms with Gasteiger partial charge in [-0.25, -0.2) is 0 Å². The maximum atomic E-state index is 12.6. The third kappa shape index (κ3) is 3.85. The van der Waals surface area contributed by atoms with Crippen LogP contribution in [0, 0.1) is 0 Å². The first kappa shape index (κ1) is 17.3. The van der Waals surface area contributed by atoms with E-state index in [1.165, 1.54) is 26.2 Å². The van der Waals surface area contributed by atoms with Gasteiger partial charge in [0.15, 0.2) is 0 Å². The molecule has 122 valence electrons. The predicted octanol–water partition coefficient (Wildman–Crippen LogP) is 5.09. The predicted molar refractivity (Wildman–Crippen MR) is 82.0 cm³/mol. The van der Waals surface area contributed by atoms with E-state index in [-0.39, 0.29) is 5.78 Å². The fourth-order valence-corrected chi connectivity index (χ4v) is 2.58. The highest BCUT2D eigenvalue weighted by Gasteiger charge is 2.30. The molecule has 0 radical (unpaired) electrons. The van der Waals surface area contributed by atoms with Crippen LogP contribution in [0.15, 0.2) is 42.5 Å². The molecule has 0 amide bonds. The number of halogens is 4. The minimum atomic E-state index is -4.41. The van der Waals surface area contributed by atoms with Gasteiger partial charge in [0.25, 0.3) is 0 Å². The second-order valence-corrected chi connectivity index (χ2v) is 5.46. The second kappa shape index (κ2) is 6.62. The van der Waals surface area contributed by atoms with Gasteiger partial charge in [-0.05, 0) is 42.3 Å². The molecule has 0 aromatic heterocycles. The Bertz CT molecular complexity index is 709. The van der Waals surface area contributed by atoms with E-state index in [2.05, 4.69) is 0 Å². The van der Waals surface area contributed by atoms with Crippen molar-refractivity contribution in [2.75, 3.05) is 7.11 Å². The van der Waals surface area contributed by atoms with E-state index in [0.29, 0.717) is 21.9 Å². The van der Waals surface area contributed by atoms with Crippen LogP contribution in [0.25, 0.3) is 0 Å². The number of ketones is 1. The first-order valence-corrected chi connectivity index (χ1v) is 7.13. The van der Waals surface area contributed by atoms with Crippen LogP contribution < -0.4 is 4.74 Å². The van der Waals surface area contributed by atoms with E-state index in [4.69, 9.17) is 16.3 Å². The number of carbonyl (C=O) groups excluding carboxylic acids is 1. The van der Waals surface area contributed by atoms with E-state index in [1.807, 2.05) is 0 Å². The van der Waals surface area contributed by atoms with Crippen molar-refractivity contribution >= 4 is 17.4 Å². The van der Waals surface area contributed by atoms with Crippen molar-refractivity contribution in [2.45, 2.75) is 19.0 Å². The van der Waals surface area contributed by atoms with Crippen molar-refractivity contribution in [1.82, 2.24) is 0 Å². The molecule has 23 heavy (non-hydrogen) atoms. The van der Waals surface area contributed by atoms with Crippen LogP contribution in [0.5, 0.6) is 5.75 Å². The lowest BCUT2D eigenvalue weighted by atomic mass is 9.87. The summed E-state index contributed by atoms with van der Waals surface area (Å²) in [7, 11) is 1.45. The average molecular weight is 343 g/mol. The normalized spacial score (nSPS) is 12.8. The van der Waals surface area contributed by atoms with Crippen molar-refractivity contribution in [3.63, 3.8) is 0 Å². The third-order valence-electron chi connectivity index (χ3n) is 3.49. The highest BCUT2D eigenvalue weighted by Crippen LogP contribution is 2.34. The van der Waals surface area contributed by atoms with E-state index < -0.39 is 17.7 Å². The monoisotopic (exact) mass is 342 g/mol. The Labute approximate surface area is 136 Å². The lowest BCUT2D eigenvalue weighted by Gasteiger charge is -2.17. The molecule has 0 saturated carbocycles. The molecule has 0 fully saturated rings. The third-order valence-corrected chi connectivity index (χ3v) is 3.80. The largest absolute Gasteiger partial charge is 0.495 e. The molecular weight excluding hydrogens is 329 g/mol. The molecule has 2 rings (SSSR count). The zero-order valence-corrected chi connectivity index (χ0v) is 13.2. The Balaban J connectivity index is 2.45. The molecule has 2 aromatic carbocycles. The maximum Gasteiger partial charge on any atom is 0.416 e. The average Bonchev–Trinajstić information content (AvgIpc) is 2.48. The zero-order valence-electron chi connectivity index (χ0n) is 12.4. The lowest BCUT2D eigenvalue weighted by Crippen LogP contribution is -2.12. The number of carbonyl (C=O) groups is 1. The lowest BCUT2D eigenvalue weighted by molar-refractivity contribution is -0.137. The van der Waals surface area contributed by atoms with Gasteiger partial charge in [0.2, 0.25) is 0 Å². The minimum absolute atomic E-state index is 0.186. The first-order valence-electron chi connectivity index (χ1n) is 6.75. The molecule has 0 spiro atoms. The van der Waals surface area contributed by atoms with Crippen LogP contribution in [-0.2, 0) is 11.0 Å². The van der Waals surface area contributed by atoms with Gasteiger partial charge >= 0.3 is 6.18 Å². The number of rotatable bonds is 4. The molecule has 0 aliphatic heterocycles. The van der Waals surface area contributed by atoms with E-state index in [1.54, 1.807) is 18.2 Å². The van der Waals surface area contributed by atoms with E-state index in [9.17, 15) is 18.0 Å². The molecule has 0 N–H and O–H groups in total. The van der Waals surface area contributed by atoms with Gasteiger partial charge < -0.3 is 4.74 Å². The molecule has 0 aliphatic rings. The van der Waals surface area contributed by atoms with Crippen molar-refractivity contribution in [3.05, 3.63) is 64.2 Å². The van der Waals surface area contributed by atoms with Gasteiger partial charge in [-0.2, -0.15) is 13.2 Å². The number of ether oxygens (including phenoxy) is 1. The number of benzene rings is 2. The van der Waals surface area contributed by atoms with Crippen molar-refractivity contribution in [3.8, 4) is 5.75 Å². The summed E-state index contributed by atoms with van der Waals surface area (Å²) in [4.78, 5) is 12.0. The summed E-state index contributed by atoms with van der Waals surface area (Å²) in [6.07, 6.45) is -4.41. The Morgan fingerprint density at radius 3 is 2.13 bits per heavy atom. The quantitative estimate of drug-likeness (QED) is 0.773. The summed E-state index contributed by atoms with van der Waals surface area (Å²) in [6.45, 7) is 1.39. The first-order chi connectivity index (χ1) is 10.7. The SMILES string of the molecule is COc1cc(C(C(C)=O)c2ccc(C(F)(F)F)cc2)ccc1Cl. The Kier molecular flexibility index (Phi) is 5.00. The minimum Gasteiger partial charge on any atom is -0.495 e. The van der Waals surface area contributed by atoms with E-state index >= 15 is 0 Å². The highest BCUT2D eigenvalue weighted by atomic mass is 35.5. The van der Waals surface area contributed by atoms with Crippen LogP contribution in [0.4, 0.5) is 13.2 Å². The summed E-state index contributed by atoms with van der Waals surface area (Å²) in [6, 6.07) is 9.44. The van der Waals surface area contributed by atoms with Gasteiger partial charge in [0, 0.05) is 0 Å². The fourth-order valence-electron chi connectivity index (χ4n) is 2.38. The maximum absolute atomic E-state index is 12.6. The van der Waals surface area contributed by atoms with Crippen molar-refractivity contribution in [1.29, 1.82) is 0 Å². The fraction of sp³-hybridized carbons (Fsp3) is 0.235. The molecule has 0 aliphatic carbocycles. The number of hydrogen-bond donors (Lipinski definition) is 0. The summed E-state index contributed by atoms with van der Waals surface area (Å²) >= 11 is 5.96. The molecule has 1 atom stereocenters. The Morgan fingerprint density at radius 1 is 1.09 bits per heavy atom. The number of hydrogen-bond acceptors (Lipinski definition) is 2. The number of methoxy groups -OCH3 is 1. The molecule has 2 aromatic rings. The molecule has 0 heterocycles. The molecule has 2 nitrogen and oxygen atoms in total. The highest BCUT2D eigenvalue weighted by molar-refractivity contribution is 6.32. The molecule has 0 bridgehead atoms. The van der Waals surface area contributed by atoms with Gasteiger partial charge in [0.05, 0.1) is 23.6 Å². The summed E-state index contributed by atoms with van der Waals surface area (Å²) < 4.78 is 43.1. The Morgan fingerprint density at radius 2 is 1.65 bits per heavy atom. The van der Waals surface area contributed by atoms with Crippen molar-refractivity contribution in [2.24, 2.45) is 0 Å². The van der Waals surface area contributed by atoms with Crippen LogP contribution in [0.1, 0.15) is 29.5 Å². The van der Waals surface area contributed by atoms with Gasteiger partial charge in [-0.15, -0.1) is 0 Å². The van der Waals surface area contributed by atoms with Gasteiger partial charge in [0.1, 0.15) is 11.5 Å². The molecule has 0 saturated heterocycles. The number of Topliss-reactive ketones (excluding diaryl/α,β-unsaturated/α-hetero) is 1. The van der Waals surface area contributed by atoms with Crippen molar-refractivity contribution < 1.29 is 22.7 Å². The summed E-state index contributed by atoms with van der Waals surface area (Å²) in [5, 5.41) is 0.394. The van der Waals surface area contributed by atoms with Gasteiger partial charge in [-0.1, -0.05) is 29.8 Å². The van der Waals surface area contributed by atoms with Gasteiger partial charge in [-0.3, -0.25) is 4.79 Å². The standard InChI is InChI=1S/C17H14ClF3O2/c1-10(22)16(12-5-8-14(18)15(9-12)23-2)11-3-6-13(7-4-11)17(19,20)21/h3-9,16H,1-2H3. The number of alkyl halides is 3. The zero-order chi connectivity index (χ0) is 17.2. The van der Waals surface area contributed by atoms with Crippen LogP contribution in [0.3, 0.4) is 0 Å². The van der Waals surface area contributed by atoms with Crippen LogP contribution >= 0.6 is 11.6 Å². The smallest absolute Gasteiger partial charge is 0.416 e. The summed E-state index contributed by atoms with van der Waals surface area (Å²) in [5.41, 5.74) is 0.339. The topological polar surface area (TPSA) is 26.3 Å². The molecular formula is C17H14ClF3O2. The van der Waals surface area contributed by atoms with Crippen LogP contribution in [-0.4, -0.2) is 12.9 Å². The second-order valence-electron chi connectivity index (χ2n) is 5.06. The van der Waals surface area contributed by atoms with E-state index in [0.717, 1.165) is 12.1 Å².